The van der Waals surface area contributed by atoms with Gasteiger partial charge >= 0.3 is 0 Å². The number of pyridine rings is 2. The quantitative estimate of drug-likeness (QED) is 0.808. The van der Waals surface area contributed by atoms with E-state index in [2.05, 4.69) is 15.3 Å². The summed E-state index contributed by atoms with van der Waals surface area (Å²) in [5.74, 6) is 0.385. The minimum atomic E-state index is -0.712. The van der Waals surface area contributed by atoms with Crippen LogP contribution in [0.3, 0.4) is 0 Å². The number of aliphatic hydroxyl groups excluding tert-OH is 1. The van der Waals surface area contributed by atoms with E-state index in [4.69, 9.17) is 0 Å². The predicted molar refractivity (Wildman–Crippen MR) is 92.6 cm³/mol. The lowest BCUT2D eigenvalue weighted by Crippen LogP contribution is -2.54. The van der Waals surface area contributed by atoms with Crippen LogP contribution in [-0.4, -0.2) is 52.0 Å². The van der Waals surface area contributed by atoms with Crippen molar-refractivity contribution in [2.75, 3.05) is 18.0 Å². The molecule has 0 spiro atoms. The van der Waals surface area contributed by atoms with Gasteiger partial charge in [-0.3, -0.25) is 14.6 Å². The van der Waals surface area contributed by atoms with E-state index in [9.17, 15) is 14.7 Å². The highest BCUT2D eigenvalue weighted by molar-refractivity contribution is 5.94. The first-order chi connectivity index (χ1) is 12.0. The first-order valence-electron chi connectivity index (χ1n) is 8.16. The maximum absolute atomic E-state index is 12.2. The fourth-order valence-corrected chi connectivity index (χ4v) is 2.83. The number of aromatic nitrogens is 2. The maximum Gasteiger partial charge on any atom is 0.270 e. The number of hydrogen-bond acceptors (Lipinski definition) is 6. The molecule has 2 aromatic heterocycles. The number of carbonyl (C=O) groups is 2. The molecule has 2 N–H and O–H groups in total. The first kappa shape index (κ1) is 17.0. The molecule has 0 aliphatic carbocycles. The number of ketones is 1. The highest BCUT2D eigenvalue weighted by atomic mass is 16.3. The molecule has 0 aromatic carbocycles. The van der Waals surface area contributed by atoms with E-state index in [1.54, 1.807) is 42.7 Å². The van der Waals surface area contributed by atoms with Gasteiger partial charge in [0.25, 0.3) is 5.91 Å². The van der Waals surface area contributed by atoms with Crippen LogP contribution in [0.15, 0.2) is 42.7 Å². The Balaban J connectivity index is 1.60. The third-order valence-electron chi connectivity index (χ3n) is 4.27. The summed E-state index contributed by atoms with van der Waals surface area (Å²) in [4.78, 5) is 33.7. The fraction of sp³-hybridized carbons (Fsp3) is 0.333. The maximum atomic E-state index is 12.2. The van der Waals surface area contributed by atoms with Gasteiger partial charge in [0.05, 0.1) is 12.1 Å². The average molecular weight is 340 g/mol. The summed E-state index contributed by atoms with van der Waals surface area (Å²) in [6.07, 6.45) is 2.98. The lowest BCUT2D eigenvalue weighted by Gasteiger charge is -2.36. The summed E-state index contributed by atoms with van der Waals surface area (Å²) in [6.45, 7) is 2.51. The Morgan fingerprint density at radius 1 is 1.24 bits per heavy atom. The molecule has 3 heterocycles. The molecule has 1 saturated heterocycles. The Morgan fingerprint density at radius 3 is 2.68 bits per heavy atom. The van der Waals surface area contributed by atoms with Gasteiger partial charge in [-0.05, 0) is 37.6 Å². The van der Waals surface area contributed by atoms with E-state index in [-0.39, 0.29) is 17.7 Å². The van der Waals surface area contributed by atoms with Crippen molar-refractivity contribution in [2.24, 2.45) is 0 Å². The van der Waals surface area contributed by atoms with E-state index < -0.39 is 6.10 Å². The van der Waals surface area contributed by atoms with Gasteiger partial charge in [0.1, 0.15) is 11.5 Å². The van der Waals surface area contributed by atoms with Gasteiger partial charge in [0, 0.05) is 31.0 Å². The van der Waals surface area contributed by atoms with Crippen LogP contribution >= 0.6 is 0 Å². The molecule has 0 saturated carbocycles. The molecule has 1 amide bonds. The third-order valence-corrected chi connectivity index (χ3v) is 4.27. The average Bonchev–Trinajstić information content (AvgIpc) is 2.64. The Hall–Kier alpha value is -2.80. The van der Waals surface area contributed by atoms with Crippen molar-refractivity contribution in [1.82, 2.24) is 15.3 Å². The number of aliphatic hydroxyl groups is 1. The molecule has 25 heavy (non-hydrogen) atoms. The zero-order chi connectivity index (χ0) is 17.8. The molecule has 1 aliphatic rings. The summed E-state index contributed by atoms with van der Waals surface area (Å²) in [6, 6.07) is 8.30. The van der Waals surface area contributed by atoms with Gasteiger partial charge in [-0.15, -0.1) is 0 Å². The minimum absolute atomic E-state index is 0.0324. The predicted octanol–water partition coefficient (Wildman–Crippen LogP) is 1.05. The van der Waals surface area contributed by atoms with Crippen molar-refractivity contribution < 1.29 is 14.7 Å². The molecule has 2 aromatic rings. The van der Waals surface area contributed by atoms with Crippen LogP contribution in [0.2, 0.25) is 0 Å². The van der Waals surface area contributed by atoms with Gasteiger partial charge in [0.2, 0.25) is 0 Å². The summed E-state index contributed by atoms with van der Waals surface area (Å²) < 4.78 is 0. The van der Waals surface area contributed by atoms with E-state index in [0.717, 1.165) is 0 Å². The minimum Gasteiger partial charge on any atom is -0.389 e. The van der Waals surface area contributed by atoms with Crippen molar-refractivity contribution in [3.05, 3.63) is 54.0 Å². The Bertz CT molecular complexity index is 749. The number of nitrogens with one attached hydrogen (secondary N) is 1. The second kappa shape index (κ2) is 7.40. The zero-order valence-electron chi connectivity index (χ0n) is 13.9. The smallest absolute Gasteiger partial charge is 0.270 e. The normalized spacial score (nSPS) is 20.2. The first-order valence-corrected chi connectivity index (χ1v) is 8.16. The molecule has 7 nitrogen and oxygen atoms in total. The van der Waals surface area contributed by atoms with Gasteiger partial charge < -0.3 is 15.3 Å². The molecule has 1 aliphatic heterocycles. The van der Waals surface area contributed by atoms with E-state index in [1.807, 2.05) is 4.90 Å². The molecule has 3 rings (SSSR count). The highest BCUT2D eigenvalue weighted by Crippen LogP contribution is 2.19. The van der Waals surface area contributed by atoms with Crippen molar-refractivity contribution in [2.45, 2.75) is 25.5 Å². The van der Waals surface area contributed by atoms with Crippen molar-refractivity contribution in [3.8, 4) is 0 Å². The lowest BCUT2D eigenvalue weighted by atomic mass is 10.0. The lowest BCUT2D eigenvalue weighted by molar-refractivity contribution is 0.0793. The van der Waals surface area contributed by atoms with Crippen LogP contribution in [-0.2, 0) is 0 Å². The highest BCUT2D eigenvalue weighted by Gasteiger charge is 2.29. The fourth-order valence-electron chi connectivity index (χ4n) is 2.83. The zero-order valence-corrected chi connectivity index (χ0v) is 13.9. The number of piperidine rings is 1. The number of hydrogen-bond donors (Lipinski definition) is 2. The van der Waals surface area contributed by atoms with E-state index in [1.165, 1.54) is 6.92 Å². The van der Waals surface area contributed by atoms with Gasteiger partial charge in [-0.25, -0.2) is 4.98 Å². The monoisotopic (exact) mass is 340 g/mol. The molecule has 0 bridgehead atoms. The molecule has 1 fully saturated rings. The SMILES string of the molecule is CC(=O)c1ccc(N2CC[C@@H](NC(=O)c3ccccn3)[C@H](O)C2)nc1. The Morgan fingerprint density at radius 2 is 2.08 bits per heavy atom. The summed E-state index contributed by atoms with van der Waals surface area (Å²) in [5.41, 5.74) is 0.889. The second-order valence-electron chi connectivity index (χ2n) is 6.06. The summed E-state index contributed by atoms with van der Waals surface area (Å²) >= 11 is 0. The molecule has 130 valence electrons. The number of anilines is 1. The second-order valence-corrected chi connectivity index (χ2v) is 6.06. The largest absolute Gasteiger partial charge is 0.389 e. The number of β-amino-alcohol motifs (C(OH)–C–C–N with tert-alkyl or cyclic N) is 1. The number of rotatable bonds is 4. The van der Waals surface area contributed by atoms with Crippen LogP contribution in [0.5, 0.6) is 0 Å². The Kier molecular flexibility index (Phi) is 5.04. The molecule has 7 heteroatoms. The van der Waals surface area contributed by atoms with Crippen molar-refractivity contribution in [1.29, 1.82) is 0 Å². The molecular weight excluding hydrogens is 320 g/mol. The van der Waals surface area contributed by atoms with Crippen LogP contribution in [0.4, 0.5) is 5.82 Å². The molecule has 2 atom stereocenters. The number of amides is 1. The van der Waals surface area contributed by atoms with Gasteiger partial charge in [0.15, 0.2) is 5.78 Å². The standard InChI is InChI=1S/C18H20N4O3/c1-12(23)13-5-6-17(20-10-13)22-9-7-14(16(24)11-22)21-18(25)15-4-2-3-8-19-15/h2-6,8,10,14,16,24H,7,9,11H2,1H3,(H,21,25)/t14-,16-/m1/s1. The van der Waals surface area contributed by atoms with Crippen LogP contribution in [0, 0.1) is 0 Å². The van der Waals surface area contributed by atoms with Crippen molar-refractivity contribution in [3.63, 3.8) is 0 Å². The number of carbonyl (C=O) groups excluding carboxylic acids is 2. The van der Waals surface area contributed by atoms with Crippen LogP contribution in [0.1, 0.15) is 34.2 Å². The molecule has 0 unspecified atom stereocenters. The Labute approximate surface area is 145 Å². The molecule has 0 radical (unpaired) electrons. The summed E-state index contributed by atoms with van der Waals surface area (Å²) in [5, 5.41) is 13.2. The van der Waals surface area contributed by atoms with E-state index >= 15 is 0 Å². The summed E-state index contributed by atoms with van der Waals surface area (Å²) in [7, 11) is 0. The topological polar surface area (TPSA) is 95.4 Å². The van der Waals surface area contributed by atoms with Gasteiger partial charge in [-0.2, -0.15) is 0 Å². The van der Waals surface area contributed by atoms with E-state index in [0.29, 0.717) is 36.6 Å². The van der Waals surface area contributed by atoms with Crippen molar-refractivity contribution >= 4 is 17.5 Å². The molecular formula is C18H20N4O3. The third kappa shape index (κ3) is 4.00. The van der Waals surface area contributed by atoms with Crippen LogP contribution < -0.4 is 10.2 Å². The van der Waals surface area contributed by atoms with Gasteiger partial charge in [-0.1, -0.05) is 6.07 Å². The number of Topliss-reactive ketones (excluding diaryl/α,β-unsaturated/α-hetero) is 1. The van der Waals surface area contributed by atoms with Crippen LogP contribution in [0.25, 0.3) is 0 Å². The number of nitrogens with zero attached hydrogens (tertiary/aromatic N) is 3.